The van der Waals surface area contributed by atoms with Gasteiger partial charge >= 0.3 is 0 Å². The molecule has 0 aliphatic carbocycles. The second kappa shape index (κ2) is 5.34. The molecule has 19 heavy (non-hydrogen) atoms. The lowest BCUT2D eigenvalue weighted by atomic mass is 10.0. The van der Waals surface area contributed by atoms with Crippen molar-refractivity contribution in [2.45, 2.75) is 33.6 Å². The zero-order chi connectivity index (χ0) is 14.0. The maximum atomic E-state index is 4.59. The lowest BCUT2D eigenvalue weighted by Crippen LogP contribution is -2.07. The van der Waals surface area contributed by atoms with Crippen LogP contribution in [-0.4, -0.2) is 22.0 Å². The Morgan fingerprint density at radius 3 is 2.37 bits per heavy atom. The van der Waals surface area contributed by atoms with Gasteiger partial charge in [0.05, 0.1) is 0 Å². The molecule has 0 bridgehead atoms. The average molecular weight is 256 g/mol. The Balaban J connectivity index is 2.54. The smallest absolute Gasteiger partial charge is 0.180 e. The first kappa shape index (κ1) is 13.5. The minimum atomic E-state index is 0.391. The number of rotatable bonds is 3. The van der Waals surface area contributed by atoms with Crippen molar-refractivity contribution in [1.82, 2.24) is 15.0 Å². The number of nitrogens with one attached hydrogen (secondary N) is 1. The van der Waals surface area contributed by atoms with Gasteiger partial charge in [0.25, 0.3) is 0 Å². The van der Waals surface area contributed by atoms with Crippen LogP contribution in [0.25, 0.3) is 11.5 Å². The van der Waals surface area contributed by atoms with Gasteiger partial charge in [-0.15, -0.1) is 0 Å². The van der Waals surface area contributed by atoms with Gasteiger partial charge in [0.2, 0.25) is 0 Å². The van der Waals surface area contributed by atoms with E-state index >= 15 is 0 Å². The third-order valence-corrected chi connectivity index (χ3v) is 3.09. The molecule has 0 amide bonds. The van der Waals surface area contributed by atoms with Crippen LogP contribution in [-0.2, 0) is 0 Å². The van der Waals surface area contributed by atoms with E-state index in [0.717, 1.165) is 22.8 Å². The molecule has 2 aromatic rings. The van der Waals surface area contributed by atoms with Crippen molar-refractivity contribution in [2.75, 3.05) is 12.4 Å². The van der Waals surface area contributed by atoms with Crippen LogP contribution in [0.2, 0.25) is 0 Å². The summed E-state index contributed by atoms with van der Waals surface area (Å²) in [4.78, 5) is 13.6. The third kappa shape index (κ3) is 2.72. The molecular formula is C15H20N4. The highest BCUT2D eigenvalue weighted by Crippen LogP contribution is 2.27. The first-order valence-electron chi connectivity index (χ1n) is 6.52. The number of nitrogens with zero attached hydrogens (tertiary/aromatic N) is 3. The second-order valence-electron chi connectivity index (χ2n) is 5.02. The topological polar surface area (TPSA) is 50.7 Å². The van der Waals surface area contributed by atoms with E-state index in [1.54, 1.807) is 0 Å². The highest BCUT2D eigenvalue weighted by Gasteiger charge is 2.15. The second-order valence-corrected chi connectivity index (χ2v) is 5.02. The molecule has 0 aliphatic rings. The Kier molecular flexibility index (Phi) is 3.79. The van der Waals surface area contributed by atoms with Crippen LogP contribution in [0, 0.1) is 13.8 Å². The van der Waals surface area contributed by atoms with E-state index in [9.17, 15) is 0 Å². The molecule has 0 atom stereocenters. The lowest BCUT2D eigenvalue weighted by Gasteiger charge is -2.15. The highest BCUT2D eigenvalue weighted by molar-refractivity contribution is 5.57. The SMILES string of the molecule is CNc1nc(-c2ccc(C)cn2)nc(C)c1C(C)C. The molecule has 0 aromatic carbocycles. The Morgan fingerprint density at radius 2 is 1.84 bits per heavy atom. The number of aryl methyl sites for hydroxylation is 2. The van der Waals surface area contributed by atoms with Gasteiger partial charge in [-0.1, -0.05) is 19.9 Å². The Morgan fingerprint density at radius 1 is 1.11 bits per heavy atom. The fraction of sp³-hybridized carbons (Fsp3) is 0.400. The minimum absolute atomic E-state index is 0.391. The molecule has 0 radical (unpaired) electrons. The standard InChI is InChI=1S/C15H20N4/c1-9(2)13-11(4)18-14(19-15(13)16-5)12-7-6-10(3)8-17-12/h6-9H,1-5H3,(H,16,18,19). The Bertz CT molecular complexity index is 573. The third-order valence-electron chi connectivity index (χ3n) is 3.09. The molecule has 100 valence electrons. The van der Waals surface area contributed by atoms with Gasteiger partial charge in [-0.2, -0.15) is 0 Å². The molecule has 1 N–H and O–H groups in total. The molecule has 2 heterocycles. The molecule has 0 saturated carbocycles. The van der Waals surface area contributed by atoms with Gasteiger partial charge in [-0.25, -0.2) is 9.97 Å². The van der Waals surface area contributed by atoms with E-state index in [-0.39, 0.29) is 0 Å². The van der Waals surface area contributed by atoms with E-state index in [2.05, 4.69) is 34.1 Å². The number of hydrogen-bond acceptors (Lipinski definition) is 4. The first-order chi connectivity index (χ1) is 9.02. The van der Waals surface area contributed by atoms with E-state index in [1.165, 1.54) is 5.56 Å². The summed E-state index contributed by atoms with van der Waals surface area (Å²) < 4.78 is 0. The largest absolute Gasteiger partial charge is 0.373 e. The van der Waals surface area contributed by atoms with Crippen molar-refractivity contribution in [2.24, 2.45) is 0 Å². The normalized spacial score (nSPS) is 10.8. The molecule has 0 fully saturated rings. The molecule has 0 spiro atoms. The summed E-state index contributed by atoms with van der Waals surface area (Å²) in [5.41, 5.74) is 4.11. The minimum Gasteiger partial charge on any atom is -0.373 e. The van der Waals surface area contributed by atoms with Gasteiger partial charge in [0, 0.05) is 24.5 Å². The Hall–Kier alpha value is -1.97. The van der Waals surface area contributed by atoms with Crippen LogP contribution in [0.5, 0.6) is 0 Å². The van der Waals surface area contributed by atoms with Crippen LogP contribution in [0.15, 0.2) is 18.3 Å². The van der Waals surface area contributed by atoms with Crippen molar-refractivity contribution in [1.29, 1.82) is 0 Å². The monoisotopic (exact) mass is 256 g/mol. The zero-order valence-electron chi connectivity index (χ0n) is 12.2. The summed E-state index contributed by atoms with van der Waals surface area (Å²) in [6.45, 7) is 8.34. The number of anilines is 1. The predicted octanol–water partition coefficient (Wildman–Crippen LogP) is 3.32. The first-order valence-corrected chi connectivity index (χ1v) is 6.52. The van der Waals surface area contributed by atoms with Crippen LogP contribution in [0.1, 0.15) is 36.6 Å². The zero-order valence-corrected chi connectivity index (χ0v) is 12.2. The summed E-state index contributed by atoms with van der Waals surface area (Å²) in [6.07, 6.45) is 1.84. The summed E-state index contributed by atoms with van der Waals surface area (Å²) in [6, 6.07) is 3.98. The van der Waals surface area contributed by atoms with E-state index < -0.39 is 0 Å². The maximum Gasteiger partial charge on any atom is 0.180 e. The van der Waals surface area contributed by atoms with Crippen LogP contribution in [0.4, 0.5) is 5.82 Å². The van der Waals surface area contributed by atoms with Crippen molar-refractivity contribution >= 4 is 5.82 Å². The number of aromatic nitrogens is 3. The quantitative estimate of drug-likeness (QED) is 0.915. The Labute approximate surface area is 114 Å². The highest BCUT2D eigenvalue weighted by atomic mass is 15.0. The van der Waals surface area contributed by atoms with Crippen LogP contribution in [0.3, 0.4) is 0 Å². The molecule has 4 heteroatoms. The van der Waals surface area contributed by atoms with E-state index in [4.69, 9.17) is 0 Å². The molecule has 0 saturated heterocycles. The van der Waals surface area contributed by atoms with Gasteiger partial charge in [0.15, 0.2) is 5.82 Å². The van der Waals surface area contributed by atoms with Gasteiger partial charge in [-0.3, -0.25) is 4.98 Å². The predicted molar refractivity (Wildman–Crippen MR) is 78.4 cm³/mol. The number of pyridine rings is 1. The summed E-state index contributed by atoms with van der Waals surface area (Å²) >= 11 is 0. The summed E-state index contributed by atoms with van der Waals surface area (Å²) in [5, 5.41) is 3.16. The fourth-order valence-electron chi connectivity index (χ4n) is 2.18. The summed E-state index contributed by atoms with van der Waals surface area (Å²) in [7, 11) is 1.89. The van der Waals surface area contributed by atoms with E-state index in [1.807, 2.05) is 39.2 Å². The molecule has 0 aliphatic heterocycles. The molecular weight excluding hydrogens is 236 g/mol. The van der Waals surface area contributed by atoms with Gasteiger partial charge in [0.1, 0.15) is 11.5 Å². The van der Waals surface area contributed by atoms with Crippen molar-refractivity contribution in [3.05, 3.63) is 35.2 Å². The van der Waals surface area contributed by atoms with Gasteiger partial charge < -0.3 is 5.32 Å². The average Bonchev–Trinajstić information content (AvgIpc) is 2.38. The molecule has 2 rings (SSSR count). The number of hydrogen-bond donors (Lipinski definition) is 1. The molecule has 0 unspecified atom stereocenters. The fourth-order valence-corrected chi connectivity index (χ4v) is 2.18. The summed E-state index contributed by atoms with van der Waals surface area (Å²) in [5.74, 6) is 1.95. The van der Waals surface area contributed by atoms with Crippen LogP contribution < -0.4 is 5.32 Å². The van der Waals surface area contributed by atoms with Crippen molar-refractivity contribution < 1.29 is 0 Å². The molecule has 2 aromatic heterocycles. The van der Waals surface area contributed by atoms with Gasteiger partial charge in [-0.05, 0) is 31.4 Å². The van der Waals surface area contributed by atoms with Crippen molar-refractivity contribution in [3.63, 3.8) is 0 Å². The van der Waals surface area contributed by atoms with E-state index in [0.29, 0.717) is 11.7 Å². The molecule has 4 nitrogen and oxygen atoms in total. The van der Waals surface area contributed by atoms with Crippen molar-refractivity contribution in [3.8, 4) is 11.5 Å². The van der Waals surface area contributed by atoms with Crippen LogP contribution >= 0.6 is 0 Å². The maximum absolute atomic E-state index is 4.59. The lowest BCUT2D eigenvalue weighted by molar-refractivity contribution is 0.833.